The van der Waals surface area contributed by atoms with E-state index in [-0.39, 0.29) is 12.2 Å². The molecule has 0 radical (unpaired) electrons. The van der Waals surface area contributed by atoms with Crippen LogP contribution in [-0.4, -0.2) is 26.1 Å². The summed E-state index contributed by atoms with van der Waals surface area (Å²) >= 11 is 4.75. The second kappa shape index (κ2) is 8.28. The molecule has 1 fully saturated rings. The molecular formula is C22H25I2NO3. The molecule has 2 aliphatic rings. The molecule has 28 heavy (non-hydrogen) atoms. The second-order valence-corrected chi connectivity index (χ2v) is 10.3. The summed E-state index contributed by atoms with van der Waals surface area (Å²) < 4.78 is 20.4. The average molecular weight is 605 g/mol. The molecule has 1 unspecified atom stereocenters. The van der Waals surface area contributed by atoms with Gasteiger partial charge in [0, 0.05) is 35.8 Å². The van der Waals surface area contributed by atoms with E-state index in [0.29, 0.717) is 12.5 Å². The highest BCUT2D eigenvalue weighted by Gasteiger charge is 2.33. The Balaban J connectivity index is 1.66. The first-order valence-corrected chi connectivity index (χ1v) is 11.7. The zero-order valence-electron chi connectivity index (χ0n) is 16.4. The lowest BCUT2D eigenvalue weighted by Gasteiger charge is -2.36. The van der Waals surface area contributed by atoms with Crippen LogP contribution < -0.4 is 10.5 Å². The molecule has 150 valence electrons. The minimum absolute atomic E-state index is 0.164. The number of hydrogen-bond donors (Lipinski definition) is 1. The summed E-state index contributed by atoms with van der Waals surface area (Å²) in [6, 6.07) is 6.59. The Hall–Kier alpha value is -0.580. The molecule has 0 aromatic heterocycles. The SMILES string of the molecule is Cc1cc(-c2c(I)cc3c(c2C)OCC(C2OCC(C)CO2)C3)cc(I)c1N. The van der Waals surface area contributed by atoms with E-state index in [1.165, 1.54) is 25.8 Å². The lowest BCUT2D eigenvalue weighted by molar-refractivity contribution is -0.226. The number of nitrogens with two attached hydrogens (primary N) is 1. The molecule has 2 heterocycles. The van der Waals surface area contributed by atoms with Crippen LogP contribution in [0.2, 0.25) is 0 Å². The van der Waals surface area contributed by atoms with Crippen molar-refractivity contribution in [2.75, 3.05) is 25.6 Å². The van der Waals surface area contributed by atoms with Gasteiger partial charge in [-0.2, -0.15) is 0 Å². The first-order valence-electron chi connectivity index (χ1n) is 9.59. The Morgan fingerprint density at radius 2 is 1.71 bits per heavy atom. The first kappa shape index (κ1) is 20.7. The van der Waals surface area contributed by atoms with Crippen molar-refractivity contribution in [1.29, 1.82) is 0 Å². The Bertz CT molecular complexity index is 884. The summed E-state index contributed by atoms with van der Waals surface area (Å²) in [6.07, 6.45) is 0.757. The molecule has 0 spiro atoms. The summed E-state index contributed by atoms with van der Waals surface area (Å²) in [6.45, 7) is 8.52. The first-order chi connectivity index (χ1) is 13.3. The van der Waals surface area contributed by atoms with Crippen LogP contribution in [-0.2, 0) is 15.9 Å². The van der Waals surface area contributed by atoms with Crippen molar-refractivity contribution < 1.29 is 14.2 Å². The van der Waals surface area contributed by atoms with E-state index in [4.69, 9.17) is 19.9 Å². The van der Waals surface area contributed by atoms with Crippen molar-refractivity contribution in [2.45, 2.75) is 33.5 Å². The molecule has 2 aromatic carbocycles. The van der Waals surface area contributed by atoms with Gasteiger partial charge in [-0.3, -0.25) is 0 Å². The third-order valence-electron chi connectivity index (χ3n) is 5.57. The predicted molar refractivity (Wildman–Crippen MR) is 129 cm³/mol. The smallest absolute Gasteiger partial charge is 0.163 e. The summed E-state index contributed by atoms with van der Waals surface area (Å²) in [5.41, 5.74) is 13.0. The topological polar surface area (TPSA) is 53.7 Å². The summed E-state index contributed by atoms with van der Waals surface area (Å²) in [7, 11) is 0. The van der Waals surface area contributed by atoms with Crippen molar-refractivity contribution >= 4 is 50.9 Å². The highest BCUT2D eigenvalue weighted by Crippen LogP contribution is 2.42. The Kier molecular flexibility index (Phi) is 6.11. The van der Waals surface area contributed by atoms with Crippen molar-refractivity contribution in [2.24, 2.45) is 11.8 Å². The van der Waals surface area contributed by atoms with E-state index < -0.39 is 0 Å². The van der Waals surface area contributed by atoms with Crippen LogP contribution >= 0.6 is 45.2 Å². The van der Waals surface area contributed by atoms with E-state index >= 15 is 0 Å². The average Bonchev–Trinajstić information content (AvgIpc) is 2.66. The van der Waals surface area contributed by atoms with Crippen LogP contribution in [0.3, 0.4) is 0 Å². The minimum atomic E-state index is -0.164. The maximum absolute atomic E-state index is 6.26. The van der Waals surface area contributed by atoms with Crippen LogP contribution in [0.4, 0.5) is 5.69 Å². The molecule has 2 aliphatic heterocycles. The summed E-state index contributed by atoms with van der Waals surface area (Å²) in [5.74, 6) is 1.71. The van der Waals surface area contributed by atoms with Crippen LogP contribution in [0.25, 0.3) is 11.1 Å². The molecular weight excluding hydrogens is 580 g/mol. The fraction of sp³-hybridized carbons (Fsp3) is 0.455. The van der Waals surface area contributed by atoms with Gasteiger partial charge in [-0.1, -0.05) is 6.92 Å². The number of rotatable bonds is 2. The number of halogens is 2. The lowest BCUT2D eigenvalue weighted by atomic mass is 9.90. The number of ether oxygens (including phenoxy) is 3. The van der Waals surface area contributed by atoms with Crippen LogP contribution in [0.5, 0.6) is 5.75 Å². The number of aryl methyl sites for hydroxylation is 1. The Labute approximate surface area is 193 Å². The Morgan fingerprint density at radius 3 is 2.39 bits per heavy atom. The van der Waals surface area contributed by atoms with Gasteiger partial charge in [0.25, 0.3) is 0 Å². The molecule has 1 saturated heterocycles. The molecule has 1 atom stereocenters. The fourth-order valence-corrected chi connectivity index (χ4v) is 5.88. The number of fused-ring (bicyclic) bond motifs is 1. The quantitative estimate of drug-likeness (QED) is 0.372. The number of anilines is 1. The van der Waals surface area contributed by atoms with Crippen LogP contribution in [0, 0.1) is 32.8 Å². The van der Waals surface area contributed by atoms with E-state index in [1.807, 2.05) is 0 Å². The zero-order chi connectivity index (χ0) is 20.0. The van der Waals surface area contributed by atoms with Gasteiger partial charge in [-0.05, 0) is 100 Å². The molecule has 2 N–H and O–H groups in total. The van der Waals surface area contributed by atoms with Gasteiger partial charge in [0.05, 0.1) is 19.8 Å². The van der Waals surface area contributed by atoms with Gasteiger partial charge >= 0.3 is 0 Å². The zero-order valence-corrected chi connectivity index (χ0v) is 20.7. The minimum Gasteiger partial charge on any atom is -0.493 e. The van der Waals surface area contributed by atoms with Gasteiger partial charge in [-0.25, -0.2) is 0 Å². The molecule has 0 saturated carbocycles. The predicted octanol–water partition coefficient (Wildman–Crippen LogP) is 5.32. The molecule has 4 rings (SSSR count). The van der Waals surface area contributed by atoms with Gasteiger partial charge in [0.1, 0.15) is 5.75 Å². The Morgan fingerprint density at radius 1 is 1.00 bits per heavy atom. The van der Waals surface area contributed by atoms with E-state index in [2.05, 4.69) is 84.2 Å². The van der Waals surface area contributed by atoms with Crippen molar-refractivity contribution in [3.63, 3.8) is 0 Å². The molecule has 0 bridgehead atoms. The number of benzene rings is 2. The lowest BCUT2D eigenvalue weighted by Crippen LogP contribution is -2.41. The van der Waals surface area contributed by atoms with Crippen molar-refractivity contribution in [3.8, 4) is 16.9 Å². The molecule has 4 nitrogen and oxygen atoms in total. The van der Waals surface area contributed by atoms with Gasteiger partial charge in [-0.15, -0.1) is 0 Å². The standard InChI is InChI=1S/C22H25I2NO3/c1-11-8-27-22(28-9-11)16-5-15-7-17(23)19(13(3)21(15)26-10-16)14-4-12(2)20(25)18(24)6-14/h4,6-7,11,16,22H,5,8-10,25H2,1-3H3. The number of nitrogen functional groups attached to an aromatic ring is 1. The fourth-order valence-electron chi connectivity index (χ4n) is 4.02. The normalized spacial score (nSPS) is 24.5. The molecule has 0 aliphatic carbocycles. The van der Waals surface area contributed by atoms with Crippen LogP contribution in [0.1, 0.15) is 23.6 Å². The maximum atomic E-state index is 6.26. The number of hydrogen-bond acceptors (Lipinski definition) is 4. The van der Waals surface area contributed by atoms with Gasteiger partial charge in [0.15, 0.2) is 6.29 Å². The second-order valence-electron chi connectivity index (χ2n) is 7.95. The van der Waals surface area contributed by atoms with Gasteiger partial charge in [0.2, 0.25) is 0 Å². The monoisotopic (exact) mass is 605 g/mol. The van der Waals surface area contributed by atoms with Crippen molar-refractivity contribution in [3.05, 3.63) is 42.0 Å². The van der Waals surface area contributed by atoms with Crippen LogP contribution in [0.15, 0.2) is 18.2 Å². The maximum Gasteiger partial charge on any atom is 0.163 e. The van der Waals surface area contributed by atoms with E-state index in [1.54, 1.807) is 0 Å². The van der Waals surface area contributed by atoms with E-state index in [9.17, 15) is 0 Å². The molecule has 0 amide bonds. The molecule has 2 aromatic rings. The highest BCUT2D eigenvalue weighted by molar-refractivity contribution is 14.1. The third-order valence-corrected chi connectivity index (χ3v) is 7.31. The van der Waals surface area contributed by atoms with Gasteiger partial charge < -0.3 is 19.9 Å². The molecule has 6 heteroatoms. The van der Waals surface area contributed by atoms with E-state index in [0.717, 1.165) is 40.2 Å². The summed E-state index contributed by atoms with van der Waals surface area (Å²) in [4.78, 5) is 0. The summed E-state index contributed by atoms with van der Waals surface area (Å²) in [5, 5.41) is 0. The largest absolute Gasteiger partial charge is 0.493 e. The third kappa shape index (κ3) is 3.89. The highest BCUT2D eigenvalue weighted by atomic mass is 127. The van der Waals surface area contributed by atoms with Crippen molar-refractivity contribution in [1.82, 2.24) is 0 Å².